The van der Waals surface area contributed by atoms with Crippen molar-refractivity contribution in [2.75, 3.05) is 13.1 Å². The van der Waals surface area contributed by atoms with Crippen LogP contribution in [0.15, 0.2) is 22.6 Å². The molecule has 0 spiro atoms. The number of amides is 1. The van der Waals surface area contributed by atoms with Crippen LogP contribution in [0.25, 0.3) is 0 Å². The molecule has 24 heavy (non-hydrogen) atoms. The smallest absolute Gasteiger partial charge is 0.253 e. The Morgan fingerprint density at radius 2 is 1.62 bits per heavy atom. The van der Waals surface area contributed by atoms with Gasteiger partial charge in [0.1, 0.15) is 0 Å². The molecule has 1 aliphatic carbocycles. The molecule has 2 heterocycles. The monoisotopic (exact) mass is 333 g/mol. The summed E-state index contributed by atoms with van der Waals surface area (Å²) in [4.78, 5) is 14.0. The van der Waals surface area contributed by atoms with Crippen LogP contribution in [-0.4, -0.2) is 34.1 Å². The summed E-state index contributed by atoms with van der Waals surface area (Å²) in [6, 6.07) is 3.24. The van der Waals surface area contributed by atoms with Crippen molar-refractivity contribution < 1.29 is 18.0 Å². The first-order valence-corrected chi connectivity index (χ1v) is 8.19. The van der Waals surface area contributed by atoms with Crippen molar-refractivity contribution in [2.45, 2.75) is 37.5 Å². The van der Waals surface area contributed by atoms with Crippen LogP contribution in [0.2, 0.25) is 0 Å². The van der Waals surface area contributed by atoms with Crippen molar-refractivity contribution in [3.05, 3.63) is 47.2 Å². The number of benzene rings is 1. The lowest BCUT2D eigenvalue weighted by atomic mass is 9.96. The zero-order valence-corrected chi connectivity index (χ0v) is 13.0. The first kappa shape index (κ1) is 15.2. The van der Waals surface area contributed by atoms with Gasteiger partial charge < -0.3 is 9.32 Å². The van der Waals surface area contributed by atoms with Crippen molar-refractivity contribution in [1.82, 2.24) is 15.1 Å². The van der Waals surface area contributed by atoms with Crippen LogP contribution in [0.4, 0.5) is 8.78 Å². The second-order valence-electron chi connectivity index (χ2n) is 6.45. The Hall–Kier alpha value is -2.31. The highest BCUT2D eigenvalue weighted by Gasteiger charge is 2.32. The molecular weight excluding hydrogens is 316 g/mol. The van der Waals surface area contributed by atoms with Crippen LogP contribution in [0.5, 0.6) is 0 Å². The molecule has 126 valence electrons. The van der Waals surface area contributed by atoms with Gasteiger partial charge in [-0.3, -0.25) is 4.79 Å². The molecule has 1 saturated heterocycles. The van der Waals surface area contributed by atoms with Gasteiger partial charge in [-0.05, 0) is 43.9 Å². The number of hydrogen-bond acceptors (Lipinski definition) is 4. The van der Waals surface area contributed by atoms with E-state index in [-0.39, 0.29) is 17.4 Å². The average Bonchev–Trinajstić information content (AvgIpc) is 3.34. The van der Waals surface area contributed by atoms with E-state index in [2.05, 4.69) is 10.2 Å². The molecule has 2 aromatic rings. The van der Waals surface area contributed by atoms with Crippen molar-refractivity contribution >= 4 is 5.91 Å². The maximum atomic E-state index is 13.3. The SMILES string of the molecule is O=C(c1ccc(F)c(F)c1)N1CCC(c2nnc(C3CC3)o2)CC1. The molecule has 4 rings (SSSR count). The number of piperidine rings is 1. The Bertz CT molecular complexity index is 765. The summed E-state index contributed by atoms with van der Waals surface area (Å²) < 4.78 is 32.0. The van der Waals surface area contributed by atoms with Crippen LogP contribution in [-0.2, 0) is 0 Å². The van der Waals surface area contributed by atoms with E-state index in [1.807, 2.05) is 0 Å². The number of hydrogen-bond donors (Lipinski definition) is 0. The second kappa shape index (κ2) is 5.96. The minimum Gasteiger partial charge on any atom is -0.425 e. The number of carbonyl (C=O) groups excluding carboxylic acids is 1. The van der Waals surface area contributed by atoms with E-state index in [0.29, 0.717) is 24.9 Å². The van der Waals surface area contributed by atoms with Crippen LogP contribution in [0.1, 0.15) is 59.7 Å². The molecule has 1 aromatic heterocycles. The lowest BCUT2D eigenvalue weighted by Gasteiger charge is -2.30. The van der Waals surface area contributed by atoms with Gasteiger partial charge in [0.2, 0.25) is 11.8 Å². The van der Waals surface area contributed by atoms with Crippen LogP contribution < -0.4 is 0 Å². The maximum absolute atomic E-state index is 13.3. The van der Waals surface area contributed by atoms with E-state index < -0.39 is 11.6 Å². The molecule has 2 aliphatic rings. The van der Waals surface area contributed by atoms with Crippen molar-refractivity contribution in [3.8, 4) is 0 Å². The fourth-order valence-electron chi connectivity index (χ4n) is 3.05. The van der Waals surface area contributed by atoms with E-state index in [9.17, 15) is 13.6 Å². The van der Waals surface area contributed by atoms with Crippen molar-refractivity contribution in [1.29, 1.82) is 0 Å². The molecule has 0 atom stereocenters. The number of likely N-dealkylation sites (tertiary alicyclic amines) is 1. The van der Waals surface area contributed by atoms with Crippen molar-refractivity contribution in [3.63, 3.8) is 0 Å². The fraction of sp³-hybridized carbons (Fsp3) is 0.471. The highest BCUT2D eigenvalue weighted by Crippen LogP contribution is 2.40. The molecule has 0 N–H and O–H groups in total. The molecule has 7 heteroatoms. The van der Waals surface area contributed by atoms with E-state index >= 15 is 0 Å². The van der Waals surface area contributed by atoms with Gasteiger partial charge in [-0.2, -0.15) is 0 Å². The van der Waals surface area contributed by atoms with Gasteiger partial charge in [-0.25, -0.2) is 8.78 Å². The molecular formula is C17H17F2N3O2. The summed E-state index contributed by atoms with van der Waals surface area (Å²) >= 11 is 0. The molecule has 1 amide bonds. The quantitative estimate of drug-likeness (QED) is 0.865. The van der Waals surface area contributed by atoms with Gasteiger partial charge >= 0.3 is 0 Å². The minimum atomic E-state index is -1.01. The molecule has 2 fully saturated rings. The standard InChI is InChI=1S/C17H17F2N3O2/c18-13-4-3-12(9-14(13)19)17(23)22-7-5-11(6-8-22)16-21-20-15(24-16)10-1-2-10/h3-4,9-11H,1-2,5-8H2. The highest BCUT2D eigenvalue weighted by atomic mass is 19.2. The van der Waals surface area contributed by atoms with E-state index in [0.717, 1.165) is 43.7 Å². The molecule has 0 unspecified atom stereocenters. The van der Waals surface area contributed by atoms with E-state index in [4.69, 9.17) is 4.42 Å². The van der Waals surface area contributed by atoms with Gasteiger partial charge in [-0.1, -0.05) is 0 Å². The Labute approximate surface area is 137 Å². The molecule has 5 nitrogen and oxygen atoms in total. The summed E-state index contributed by atoms with van der Waals surface area (Å²) in [5, 5.41) is 8.24. The zero-order valence-electron chi connectivity index (χ0n) is 13.0. The molecule has 1 aliphatic heterocycles. The Kier molecular flexibility index (Phi) is 3.78. The summed E-state index contributed by atoms with van der Waals surface area (Å²) in [5.41, 5.74) is 0.168. The highest BCUT2D eigenvalue weighted by molar-refractivity contribution is 5.94. The summed E-state index contributed by atoms with van der Waals surface area (Å²) in [7, 11) is 0. The maximum Gasteiger partial charge on any atom is 0.253 e. The molecule has 0 radical (unpaired) electrons. The first-order valence-electron chi connectivity index (χ1n) is 8.19. The van der Waals surface area contributed by atoms with Crippen molar-refractivity contribution in [2.24, 2.45) is 0 Å². The number of halogens is 2. The lowest BCUT2D eigenvalue weighted by Crippen LogP contribution is -2.38. The Morgan fingerprint density at radius 1 is 1.00 bits per heavy atom. The van der Waals surface area contributed by atoms with Crippen LogP contribution >= 0.6 is 0 Å². The Balaban J connectivity index is 1.39. The third kappa shape index (κ3) is 2.90. The van der Waals surface area contributed by atoms with E-state index in [1.165, 1.54) is 6.07 Å². The van der Waals surface area contributed by atoms with E-state index in [1.54, 1.807) is 4.90 Å². The van der Waals surface area contributed by atoms with Crippen LogP contribution in [0.3, 0.4) is 0 Å². The minimum absolute atomic E-state index is 0.152. The topological polar surface area (TPSA) is 59.2 Å². The fourth-order valence-corrected chi connectivity index (χ4v) is 3.05. The average molecular weight is 333 g/mol. The second-order valence-corrected chi connectivity index (χ2v) is 6.45. The number of carbonyl (C=O) groups is 1. The predicted molar refractivity (Wildman–Crippen MR) is 80.5 cm³/mol. The Morgan fingerprint density at radius 3 is 2.21 bits per heavy atom. The molecule has 1 aromatic carbocycles. The number of aromatic nitrogens is 2. The zero-order chi connectivity index (χ0) is 16.7. The van der Waals surface area contributed by atoms with Gasteiger partial charge in [0, 0.05) is 30.5 Å². The van der Waals surface area contributed by atoms with Crippen LogP contribution in [0, 0.1) is 11.6 Å². The third-order valence-corrected chi connectivity index (χ3v) is 4.68. The van der Waals surface area contributed by atoms with Gasteiger partial charge in [-0.15, -0.1) is 10.2 Å². The number of rotatable bonds is 3. The normalized spacial score (nSPS) is 18.8. The van der Waals surface area contributed by atoms with Gasteiger partial charge in [0.05, 0.1) is 0 Å². The number of nitrogens with zero attached hydrogens (tertiary/aromatic N) is 3. The largest absolute Gasteiger partial charge is 0.425 e. The van der Waals surface area contributed by atoms with Gasteiger partial charge in [0.25, 0.3) is 5.91 Å². The summed E-state index contributed by atoms with van der Waals surface area (Å²) in [5.74, 6) is -0.277. The first-order chi connectivity index (χ1) is 11.6. The van der Waals surface area contributed by atoms with Gasteiger partial charge in [0.15, 0.2) is 11.6 Å². The lowest BCUT2D eigenvalue weighted by molar-refractivity contribution is 0.0705. The third-order valence-electron chi connectivity index (χ3n) is 4.68. The summed E-state index contributed by atoms with van der Waals surface area (Å²) in [6.07, 6.45) is 3.68. The molecule has 0 bridgehead atoms. The summed E-state index contributed by atoms with van der Waals surface area (Å²) in [6.45, 7) is 1.06. The molecule has 1 saturated carbocycles. The predicted octanol–water partition coefficient (Wildman–Crippen LogP) is 3.25.